The van der Waals surface area contributed by atoms with Crippen molar-refractivity contribution >= 4 is 15.9 Å². The highest BCUT2D eigenvalue weighted by Crippen LogP contribution is 2.30. The Bertz CT molecular complexity index is 1020. The van der Waals surface area contributed by atoms with Crippen LogP contribution in [-0.4, -0.2) is 52.7 Å². The molecule has 0 saturated heterocycles. The molecule has 0 radical (unpaired) electrons. The highest BCUT2D eigenvalue weighted by atomic mass is 32.2. The number of carbonyl (C=O) groups is 1. The number of aryl methyl sites for hydroxylation is 1. The number of benzene rings is 1. The van der Waals surface area contributed by atoms with Gasteiger partial charge >= 0.3 is 0 Å². The maximum atomic E-state index is 13.1. The van der Waals surface area contributed by atoms with Crippen LogP contribution in [0.2, 0.25) is 0 Å². The number of carbonyl (C=O) groups excluding carboxylic acids is 1. The zero-order chi connectivity index (χ0) is 19.9. The average Bonchev–Trinajstić information content (AvgIpc) is 3.32. The van der Waals surface area contributed by atoms with Gasteiger partial charge in [-0.05, 0) is 26.0 Å². The number of fused-ring (bicyclic) bond motifs is 1. The molecule has 2 aliphatic rings. The lowest BCUT2D eigenvalue weighted by Gasteiger charge is -2.32. The van der Waals surface area contributed by atoms with Crippen LogP contribution in [0.25, 0.3) is 0 Å². The quantitative estimate of drug-likeness (QED) is 0.735. The summed E-state index contributed by atoms with van der Waals surface area (Å²) < 4.78 is 29.7. The van der Waals surface area contributed by atoms with Crippen LogP contribution in [0.1, 0.15) is 30.0 Å². The van der Waals surface area contributed by atoms with E-state index in [1.807, 2.05) is 36.8 Å². The number of sulfonamides is 1. The van der Waals surface area contributed by atoms with Crippen LogP contribution in [-0.2, 0) is 27.8 Å². The molecular formula is C20H24N4O3S. The molecule has 2 aromatic rings. The van der Waals surface area contributed by atoms with E-state index in [1.165, 1.54) is 4.31 Å². The summed E-state index contributed by atoms with van der Waals surface area (Å²) in [6, 6.07) is 6.51. The predicted molar refractivity (Wildman–Crippen MR) is 105 cm³/mol. The second-order valence-electron chi connectivity index (χ2n) is 7.34. The zero-order valence-electron chi connectivity index (χ0n) is 16.1. The van der Waals surface area contributed by atoms with Crippen molar-refractivity contribution in [3.8, 4) is 0 Å². The second kappa shape index (κ2) is 7.18. The van der Waals surface area contributed by atoms with E-state index in [1.54, 1.807) is 29.2 Å². The van der Waals surface area contributed by atoms with Crippen LogP contribution in [0.5, 0.6) is 0 Å². The van der Waals surface area contributed by atoms with Gasteiger partial charge in [-0.1, -0.05) is 29.8 Å². The van der Waals surface area contributed by atoms with E-state index < -0.39 is 16.1 Å². The highest BCUT2D eigenvalue weighted by Gasteiger charge is 2.35. The van der Waals surface area contributed by atoms with Crippen molar-refractivity contribution in [2.24, 2.45) is 0 Å². The first-order chi connectivity index (χ1) is 13.4. The Labute approximate surface area is 165 Å². The summed E-state index contributed by atoms with van der Waals surface area (Å²) in [6.07, 6.45) is 6.07. The van der Waals surface area contributed by atoms with Crippen LogP contribution in [0.4, 0.5) is 0 Å². The van der Waals surface area contributed by atoms with Crippen molar-refractivity contribution in [2.45, 2.75) is 37.8 Å². The highest BCUT2D eigenvalue weighted by molar-refractivity contribution is 7.89. The number of rotatable bonds is 4. The number of aromatic nitrogens is 2. The van der Waals surface area contributed by atoms with Gasteiger partial charge in [0.25, 0.3) is 0 Å². The molecule has 7 nitrogen and oxygen atoms in total. The molecule has 0 unspecified atom stereocenters. The third kappa shape index (κ3) is 3.38. The number of hydrogen-bond donors (Lipinski definition) is 0. The summed E-state index contributed by atoms with van der Waals surface area (Å²) in [5.41, 5.74) is 1.71. The van der Waals surface area contributed by atoms with Crippen molar-refractivity contribution in [3.05, 3.63) is 59.7 Å². The lowest BCUT2D eigenvalue weighted by molar-refractivity contribution is -0.129. The summed E-state index contributed by atoms with van der Waals surface area (Å²) in [5.74, 6) is 0.724. The Morgan fingerprint density at radius 2 is 1.82 bits per heavy atom. The fraction of sp³-hybridized carbons (Fsp3) is 0.400. The summed E-state index contributed by atoms with van der Waals surface area (Å²) >= 11 is 0. The van der Waals surface area contributed by atoms with Crippen LogP contribution in [0, 0.1) is 6.92 Å². The van der Waals surface area contributed by atoms with Crippen molar-refractivity contribution in [3.63, 3.8) is 0 Å². The number of nitrogens with zero attached hydrogens (tertiary/aromatic N) is 4. The standard InChI is InChI=1S/C20H24N4O3S/c1-15-5-7-18(8-6-15)28(26,27)24-12-11-23-14-17(21-20(23)16(24)2)13-19(25)22-9-3-4-10-22/h3-8,14,16H,9-13H2,1-2H3/t16-/m1/s1. The van der Waals surface area contributed by atoms with Crippen LogP contribution >= 0.6 is 0 Å². The SMILES string of the molecule is Cc1ccc(S(=O)(=O)N2CCn3cc(CC(=O)N4CC=CC4)nc3[C@H]2C)cc1. The van der Waals surface area contributed by atoms with Gasteiger partial charge in [-0.3, -0.25) is 4.79 Å². The Balaban J connectivity index is 1.55. The summed E-state index contributed by atoms with van der Waals surface area (Å²) in [4.78, 5) is 19.0. The molecule has 1 amide bonds. The molecular weight excluding hydrogens is 376 g/mol. The molecule has 0 aliphatic carbocycles. The van der Waals surface area contributed by atoms with Gasteiger partial charge in [-0.15, -0.1) is 0 Å². The molecule has 0 fully saturated rings. The van der Waals surface area contributed by atoms with Crippen molar-refractivity contribution in [1.29, 1.82) is 0 Å². The van der Waals surface area contributed by atoms with Crippen LogP contribution in [0.3, 0.4) is 0 Å². The minimum Gasteiger partial charge on any atom is -0.335 e. The third-order valence-corrected chi connectivity index (χ3v) is 7.34. The van der Waals surface area contributed by atoms with E-state index in [0.717, 1.165) is 5.56 Å². The molecule has 4 rings (SSSR count). The smallest absolute Gasteiger partial charge is 0.243 e. The zero-order valence-corrected chi connectivity index (χ0v) is 16.9. The van der Waals surface area contributed by atoms with Gasteiger partial charge in [0.05, 0.1) is 23.1 Å². The Morgan fingerprint density at radius 1 is 1.14 bits per heavy atom. The first-order valence-corrected chi connectivity index (χ1v) is 10.9. The van der Waals surface area contributed by atoms with Gasteiger partial charge in [0.1, 0.15) is 5.82 Å². The number of imidazole rings is 1. The maximum absolute atomic E-state index is 13.1. The lowest BCUT2D eigenvalue weighted by atomic mass is 10.2. The Morgan fingerprint density at radius 3 is 2.50 bits per heavy atom. The third-order valence-electron chi connectivity index (χ3n) is 5.36. The minimum absolute atomic E-state index is 0.0391. The molecule has 148 valence electrons. The van der Waals surface area contributed by atoms with E-state index in [9.17, 15) is 13.2 Å². The summed E-state index contributed by atoms with van der Waals surface area (Å²) in [6.45, 7) is 5.97. The molecule has 2 aliphatic heterocycles. The van der Waals surface area contributed by atoms with Gasteiger partial charge in [0, 0.05) is 32.4 Å². The molecule has 1 aromatic carbocycles. The molecule has 1 atom stereocenters. The number of amides is 1. The second-order valence-corrected chi connectivity index (χ2v) is 9.23. The van der Waals surface area contributed by atoms with E-state index in [-0.39, 0.29) is 12.3 Å². The van der Waals surface area contributed by atoms with E-state index in [0.29, 0.717) is 42.6 Å². The summed E-state index contributed by atoms with van der Waals surface area (Å²) in [7, 11) is -3.60. The first kappa shape index (κ1) is 18.9. The predicted octanol–water partition coefficient (Wildman–Crippen LogP) is 1.90. The largest absolute Gasteiger partial charge is 0.335 e. The molecule has 0 bridgehead atoms. The monoisotopic (exact) mass is 400 g/mol. The fourth-order valence-electron chi connectivity index (χ4n) is 3.74. The summed E-state index contributed by atoms with van der Waals surface area (Å²) in [5, 5.41) is 0. The van der Waals surface area contributed by atoms with Gasteiger partial charge in [0.15, 0.2) is 0 Å². The van der Waals surface area contributed by atoms with E-state index in [2.05, 4.69) is 4.98 Å². The van der Waals surface area contributed by atoms with E-state index in [4.69, 9.17) is 0 Å². The topological polar surface area (TPSA) is 75.5 Å². The molecule has 1 aromatic heterocycles. The van der Waals surface area contributed by atoms with Crippen LogP contribution in [0.15, 0.2) is 47.5 Å². The Kier molecular flexibility index (Phi) is 4.84. The van der Waals surface area contributed by atoms with Gasteiger partial charge in [-0.2, -0.15) is 4.31 Å². The Hall–Kier alpha value is -2.45. The first-order valence-electron chi connectivity index (χ1n) is 9.43. The van der Waals surface area contributed by atoms with Gasteiger partial charge in [-0.25, -0.2) is 13.4 Å². The maximum Gasteiger partial charge on any atom is 0.243 e. The van der Waals surface area contributed by atoms with E-state index >= 15 is 0 Å². The van der Waals surface area contributed by atoms with Gasteiger partial charge in [0.2, 0.25) is 15.9 Å². The molecule has 3 heterocycles. The minimum atomic E-state index is -3.60. The van der Waals surface area contributed by atoms with Crippen molar-refractivity contribution < 1.29 is 13.2 Å². The average molecular weight is 401 g/mol. The van der Waals surface area contributed by atoms with Crippen molar-refractivity contribution in [1.82, 2.24) is 18.8 Å². The van der Waals surface area contributed by atoms with Crippen molar-refractivity contribution in [2.75, 3.05) is 19.6 Å². The lowest BCUT2D eigenvalue weighted by Crippen LogP contribution is -2.41. The van der Waals surface area contributed by atoms with Gasteiger partial charge < -0.3 is 9.47 Å². The fourth-order valence-corrected chi connectivity index (χ4v) is 5.32. The molecule has 0 saturated carbocycles. The molecule has 0 spiro atoms. The number of hydrogen-bond acceptors (Lipinski definition) is 4. The normalized spacial score (nSPS) is 19.8. The molecule has 0 N–H and O–H groups in total. The molecule has 8 heteroatoms. The van der Waals surface area contributed by atoms with Crippen LogP contribution < -0.4 is 0 Å². The molecule has 28 heavy (non-hydrogen) atoms.